The van der Waals surface area contributed by atoms with Crippen molar-refractivity contribution in [2.75, 3.05) is 31.1 Å². The monoisotopic (exact) mass is 425 g/mol. The summed E-state index contributed by atoms with van der Waals surface area (Å²) < 4.78 is 1.95. The van der Waals surface area contributed by atoms with E-state index in [1.165, 1.54) is 11.3 Å². The molecule has 0 aliphatic carbocycles. The number of thiophene rings is 1. The first kappa shape index (κ1) is 20.1. The van der Waals surface area contributed by atoms with Crippen molar-refractivity contribution in [3.05, 3.63) is 74.2 Å². The number of imidazole rings is 1. The molecule has 1 amide bonds. The number of aromatic nitrogens is 2. The third kappa shape index (κ3) is 3.93. The number of benzene rings is 1. The van der Waals surface area contributed by atoms with Gasteiger partial charge < -0.3 is 19.9 Å². The molecule has 0 spiro atoms. The van der Waals surface area contributed by atoms with Gasteiger partial charge in [-0.3, -0.25) is 9.36 Å². The molecule has 0 atom stereocenters. The Labute approximate surface area is 178 Å². The van der Waals surface area contributed by atoms with E-state index in [1.807, 2.05) is 69.1 Å². The van der Waals surface area contributed by atoms with Crippen LogP contribution < -0.4 is 4.90 Å². The van der Waals surface area contributed by atoms with E-state index < -0.39 is 4.92 Å². The summed E-state index contributed by atoms with van der Waals surface area (Å²) in [6, 6.07) is 13.6. The van der Waals surface area contributed by atoms with Gasteiger partial charge in [0.05, 0.1) is 11.4 Å². The van der Waals surface area contributed by atoms with E-state index in [2.05, 4.69) is 4.98 Å². The molecule has 0 bridgehead atoms. The van der Waals surface area contributed by atoms with Crippen molar-refractivity contribution in [2.24, 2.45) is 0 Å². The lowest BCUT2D eigenvalue weighted by atomic mass is 10.2. The zero-order valence-electron chi connectivity index (χ0n) is 16.7. The van der Waals surface area contributed by atoms with Crippen LogP contribution in [0.4, 0.5) is 11.6 Å². The topological polar surface area (TPSA) is 84.5 Å². The Morgan fingerprint density at radius 2 is 1.87 bits per heavy atom. The molecule has 9 heteroatoms. The van der Waals surface area contributed by atoms with E-state index in [9.17, 15) is 14.9 Å². The highest BCUT2D eigenvalue weighted by molar-refractivity contribution is 7.12. The first-order valence-corrected chi connectivity index (χ1v) is 10.8. The second-order valence-electron chi connectivity index (χ2n) is 7.11. The van der Waals surface area contributed by atoms with Gasteiger partial charge in [-0.15, -0.1) is 11.3 Å². The van der Waals surface area contributed by atoms with Crippen LogP contribution in [0.25, 0.3) is 0 Å². The molecule has 1 aromatic carbocycles. The molecule has 156 valence electrons. The molecule has 0 radical (unpaired) electrons. The molecule has 2 aromatic heterocycles. The summed E-state index contributed by atoms with van der Waals surface area (Å²) in [4.78, 5) is 32.9. The summed E-state index contributed by atoms with van der Waals surface area (Å²) in [5, 5.41) is 13.7. The number of carbonyl (C=O) groups is 1. The minimum atomic E-state index is -0.404. The molecule has 1 aliphatic heterocycles. The van der Waals surface area contributed by atoms with Crippen LogP contribution >= 0.6 is 11.3 Å². The largest absolute Gasteiger partial charge is 0.406 e. The molecule has 1 aliphatic rings. The number of amides is 1. The summed E-state index contributed by atoms with van der Waals surface area (Å²) in [6.45, 7) is 4.57. The van der Waals surface area contributed by atoms with Crippen LogP contribution in [0, 0.1) is 10.1 Å². The molecule has 3 aromatic rings. The smallest absolute Gasteiger partial charge is 0.358 e. The quantitative estimate of drug-likeness (QED) is 0.446. The zero-order chi connectivity index (χ0) is 21.1. The van der Waals surface area contributed by atoms with Gasteiger partial charge in [-0.05, 0) is 26.9 Å². The molecule has 1 saturated heterocycles. The fourth-order valence-electron chi connectivity index (χ4n) is 3.79. The van der Waals surface area contributed by atoms with Gasteiger partial charge in [-0.25, -0.2) is 0 Å². The average Bonchev–Trinajstić information content (AvgIpc) is 3.42. The molecule has 1 fully saturated rings. The first-order valence-electron chi connectivity index (χ1n) is 9.94. The van der Waals surface area contributed by atoms with Gasteiger partial charge >= 0.3 is 5.82 Å². The highest BCUT2D eigenvalue weighted by Gasteiger charge is 2.33. The standard InChI is InChI=1S/C21H23N5O3S/c1-2-18-22-19(26(28)29)20(25(18)15-16-7-4-3-5-8-16)23-10-12-24(13-11-23)21(27)17-9-6-14-30-17/h3-9,14H,2,10-13,15H2,1H3. The SMILES string of the molecule is CCc1nc([N+](=O)[O-])c(N2CCN(C(=O)c3cccs3)CC2)n1Cc1ccccc1. The maximum atomic E-state index is 12.6. The second-order valence-corrected chi connectivity index (χ2v) is 8.06. The molecular weight excluding hydrogens is 402 g/mol. The number of carbonyl (C=O) groups excluding carboxylic acids is 1. The predicted octanol–water partition coefficient (Wildman–Crippen LogP) is 3.43. The third-order valence-electron chi connectivity index (χ3n) is 5.27. The van der Waals surface area contributed by atoms with Crippen LogP contribution in [-0.4, -0.2) is 51.5 Å². The summed E-state index contributed by atoms with van der Waals surface area (Å²) in [7, 11) is 0. The Morgan fingerprint density at radius 1 is 1.13 bits per heavy atom. The Balaban J connectivity index is 1.60. The zero-order valence-corrected chi connectivity index (χ0v) is 17.5. The number of rotatable bonds is 6. The van der Waals surface area contributed by atoms with E-state index in [4.69, 9.17) is 0 Å². The van der Waals surface area contributed by atoms with Crippen molar-refractivity contribution >= 4 is 28.9 Å². The lowest BCUT2D eigenvalue weighted by Gasteiger charge is -2.35. The molecule has 4 rings (SSSR count). The summed E-state index contributed by atoms with van der Waals surface area (Å²) >= 11 is 1.43. The number of nitrogens with zero attached hydrogens (tertiary/aromatic N) is 5. The van der Waals surface area contributed by atoms with Crippen LogP contribution in [0.2, 0.25) is 0 Å². The first-order chi connectivity index (χ1) is 14.6. The number of nitro groups is 1. The molecular formula is C21H23N5O3S. The van der Waals surface area contributed by atoms with Gasteiger partial charge in [0.2, 0.25) is 11.6 Å². The van der Waals surface area contributed by atoms with Crippen LogP contribution in [0.1, 0.15) is 28.0 Å². The molecule has 30 heavy (non-hydrogen) atoms. The van der Waals surface area contributed by atoms with Gasteiger partial charge in [0.1, 0.15) is 0 Å². The lowest BCUT2D eigenvalue weighted by molar-refractivity contribution is -0.388. The number of aryl methyl sites for hydroxylation is 1. The molecule has 3 heterocycles. The summed E-state index contributed by atoms with van der Waals surface area (Å²) in [6.07, 6.45) is 0.602. The molecule has 8 nitrogen and oxygen atoms in total. The summed E-state index contributed by atoms with van der Waals surface area (Å²) in [5.74, 6) is 1.13. The fourth-order valence-corrected chi connectivity index (χ4v) is 4.48. The maximum Gasteiger partial charge on any atom is 0.406 e. The Morgan fingerprint density at radius 3 is 2.47 bits per heavy atom. The fraction of sp³-hybridized carbons (Fsp3) is 0.333. The van der Waals surface area contributed by atoms with Crippen molar-refractivity contribution < 1.29 is 9.72 Å². The van der Waals surface area contributed by atoms with Crippen molar-refractivity contribution in [3.8, 4) is 0 Å². The number of hydrogen-bond acceptors (Lipinski definition) is 6. The van der Waals surface area contributed by atoms with E-state index in [-0.39, 0.29) is 11.7 Å². The minimum Gasteiger partial charge on any atom is -0.358 e. The Hall–Kier alpha value is -3.20. The predicted molar refractivity (Wildman–Crippen MR) is 116 cm³/mol. The second kappa shape index (κ2) is 8.66. The van der Waals surface area contributed by atoms with Crippen molar-refractivity contribution in [1.29, 1.82) is 0 Å². The third-order valence-corrected chi connectivity index (χ3v) is 6.13. The summed E-state index contributed by atoms with van der Waals surface area (Å²) in [5.41, 5.74) is 1.06. The number of hydrogen-bond donors (Lipinski definition) is 0. The lowest BCUT2D eigenvalue weighted by Crippen LogP contribution is -2.49. The van der Waals surface area contributed by atoms with Gasteiger partial charge in [0.15, 0.2) is 0 Å². The van der Waals surface area contributed by atoms with Crippen molar-refractivity contribution in [2.45, 2.75) is 19.9 Å². The van der Waals surface area contributed by atoms with E-state index in [0.717, 1.165) is 10.4 Å². The minimum absolute atomic E-state index is 0.0196. The molecule has 0 saturated carbocycles. The highest BCUT2D eigenvalue weighted by atomic mass is 32.1. The van der Waals surface area contributed by atoms with Gasteiger partial charge in [0.25, 0.3) is 5.91 Å². The van der Waals surface area contributed by atoms with Crippen LogP contribution in [-0.2, 0) is 13.0 Å². The molecule has 0 N–H and O–H groups in total. The van der Waals surface area contributed by atoms with Crippen molar-refractivity contribution in [3.63, 3.8) is 0 Å². The Kier molecular flexibility index (Phi) is 5.80. The van der Waals surface area contributed by atoms with E-state index in [1.54, 1.807) is 0 Å². The van der Waals surface area contributed by atoms with Crippen molar-refractivity contribution in [1.82, 2.24) is 14.5 Å². The van der Waals surface area contributed by atoms with Gasteiger partial charge in [0, 0.05) is 32.6 Å². The maximum absolute atomic E-state index is 12.6. The number of anilines is 1. The van der Waals surface area contributed by atoms with E-state index in [0.29, 0.717) is 50.8 Å². The number of piperazine rings is 1. The van der Waals surface area contributed by atoms with Gasteiger partial charge in [-0.2, -0.15) is 0 Å². The van der Waals surface area contributed by atoms with Crippen LogP contribution in [0.3, 0.4) is 0 Å². The van der Waals surface area contributed by atoms with Crippen LogP contribution in [0.15, 0.2) is 47.8 Å². The molecule has 0 unspecified atom stereocenters. The van der Waals surface area contributed by atoms with Crippen LogP contribution in [0.5, 0.6) is 0 Å². The average molecular weight is 426 g/mol. The Bertz CT molecular complexity index is 1020. The van der Waals surface area contributed by atoms with Gasteiger partial charge in [-0.1, -0.05) is 43.3 Å². The van der Waals surface area contributed by atoms with E-state index >= 15 is 0 Å². The highest BCUT2D eigenvalue weighted by Crippen LogP contribution is 2.31. The normalized spacial score (nSPS) is 14.2.